The van der Waals surface area contributed by atoms with Gasteiger partial charge in [-0.15, -0.1) is 0 Å². The number of nitrogens with zero attached hydrogens (tertiary/aromatic N) is 1. The first-order valence-corrected chi connectivity index (χ1v) is 11.4. The molecule has 1 saturated heterocycles. The third kappa shape index (κ3) is 5.92. The fraction of sp³-hybridized carbons (Fsp3) is 0.381. The number of nitrogens with one attached hydrogen (secondary N) is 2. The Balaban J connectivity index is 1.73. The second-order valence-corrected chi connectivity index (χ2v) is 9.18. The van der Waals surface area contributed by atoms with E-state index in [1.54, 1.807) is 0 Å². The summed E-state index contributed by atoms with van der Waals surface area (Å²) in [4.78, 5) is 12.3. The van der Waals surface area contributed by atoms with Crippen LogP contribution in [0.15, 0.2) is 41.3 Å². The summed E-state index contributed by atoms with van der Waals surface area (Å²) in [6.07, 6.45) is 3.65. The van der Waals surface area contributed by atoms with Gasteiger partial charge in [-0.05, 0) is 43.2 Å². The van der Waals surface area contributed by atoms with Crippen molar-refractivity contribution in [2.24, 2.45) is 0 Å². The largest absolute Gasteiger partial charge is 0.495 e. The van der Waals surface area contributed by atoms with Crippen molar-refractivity contribution in [2.45, 2.75) is 30.6 Å². The quantitative estimate of drug-likeness (QED) is 0.669. The highest BCUT2D eigenvalue weighted by Gasteiger charge is 2.26. The third-order valence-corrected chi connectivity index (χ3v) is 6.85. The van der Waals surface area contributed by atoms with Crippen LogP contribution in [0.25, 0.3) is 0 Å². The number of benzene rings is 2. The predicted molar refractivity (Wildman–Crippen MR) is 114 cm³/mol. The monoisotopic (exact) mass is 453 g/mol. The van der Waals surface area contributed by atoms with Crippen molar-refractivity contribution in [3.8, 4) is 5.75 Å². The smallest absolute Gasteiger partial charge is 0.243 e. The number of halogens is 2. The maximum atomic E-state index is 13.3. The molecule has 3 rings (SSSR count). The van der Waals surface area contributed by atoms with E-state index in [1.807, 2.05) is 0 Å². The minimum Gasteiger partial charge on any atom is -0.495 e. The highest BCUT2D eigenvalue weighted by molar-refractivity contribution is 7.89. The van der Waals surface area contributed by atoms with Crippen LogP contribution in [0.5, 0.6) is 5.75 Å². The summed E-state index contributed by atoms with van der Waals surface area (Å²) in [6.45, 7) is 0.690. The van der Waals surface area contributed by atoms with Crippen LogP contribution in [-0.2, 0) is 14.8 Å². The van der Waals surface area contributed by atoms with E-state index in [9.17, 15) is 22.0 Å². The van der Waals surface area contributed by atoms with Crippen LogP contribution in [0.4, 0.5) is 20.2 Å². The average Bonchev–Trinajstić information content (AvgIpc) is 3.01. The van der Waals surface area contributed by atoms with Crippen molar-refractivity contribution in [3.63, 3.8) is 0 Å². The number of anilines is 2. The fourth-order valence-corrected chi connectivity index (χ4v) is 4.97. The third-order valence-electron chi connectivity index (χ3n) is 4.96. The summed E-state index contributed by atoms with van der Waals surface area (Å²) in [5.74, 6) is -1.82. The van der Waals surface area contributed by atoms with Gasteiger partial charge in [-0.2, -0.15) is 4.31 Å². The molecular formula is C21H25F2N3O4S. The van der Waals surface area contributed by atoms with Crippen LogP contribution in [-0.4, -0.2) is 45.4 Å². The number of hydrogen-bond acceptors (Lipinski definition) is 5. The zero-order valence-corrected chi connectivity index (χ0v) is 18.0. The Labute approximate surface area is 180 Å². The maximum absolute atomic E-state index is 13.3. The van der Waals surface area contributed by atoms with Crippen LogP contribution in [0.1, 0.15) is 25.7 Å². The van der Waals surface area contributed by atoms with E-state index in [0.717, 1.165) is 37.8 Å². The lowest BCUT2D eigenvalue weighted by atomic mass is 10.2. The van der Waals surface area contributed by atoms with Gasteiger partial charge in [0.1, 0.15) is 17.4 Å². The molecule has 10 heteroatoms. The van der Waals surface area contributed by atoms with E-state index in [2.05, 4.69) is 10.6 Å². The van der Waals surface area contributed by atoms with E-state index in [4.69, 9.17) is 4.74 Å². The minimum absolute atomic E-state index is 0.0197. The molecule has 7 nitrogen and oxygen atoms in total. The molecule has 0 atom stereocenters. The Morgan fingerprint density at radius 3 is 2.29 bits per heavy atom. The Bertz CT molecular complexity index is 1020. The van der Waals surface area contributed by atoms with Crippen molar-refractivity contribution < 1.29 is 26.7 Å². The molecule has 1 heterocycles. The molecule has 1 aliphatic heterocycles. The SMILES string of the molecule is COc1ccc(S(=O)(=O)N2CCCCCC2)cc1NCC(=O)Nc1cc(F)cc(F)c1. The zero-order chi connectivity index (χ0) is 22.4. The van der Waals surface area contributed by atoms with Crippen LogP contribution in [0.3, 0.4) is 0 Å². The van der Waals surface area contributed by atoms with Gasteiger partial charge >= 0.3 is 0 Å². The standard InChI is InChI=1S/C21H25F2N3O4S/c1-30-20-7-6-18(31(28,29)26-8-4-2-3-5-9-26)13-19(20)24-14-21(27)25-17-11-15(22)10-16(23)12-17/h6-7,10-13,24H,2-5,8-9,14H2,1H3,(H,25,27). The van der Waals surface area contributed by atoms with Gasteiger partial charge in [0.2, 0.25) is 15.9 Å². The first kappa shape index (κ1) is 23.0. The lowest BCUT2D eigenvalue weighted by molar-refractivity contribution is -0.114. The van der Waals surface area contributed by atoms with Crippen molar-refractivity contribution in [1.82, 2.24) is 4.31 Å². The number of carbonyl (C=O) groups is 1. The van der Waals surface area contributed by atoms with Crippen molar-refractivity contribution in [3.05, 3.63) is 48.0 Å². The molecule has 0 saturated carbocycles. The molecule has 2 aromatic rings. The summed E-state index contributed by atoms with van der Waals surface area (Å²) < 4.78 is 59.4. The second kappa shape index (κ2) is 10.1. The van der Waals surface area contributed by atoms with Crippen molar-refractivity contribution in [1.29, 1.82) is 0 Å². The van der Waals surface area contributed by atoms with Crippen LogP contribution < -0.4 is 15.4 Å². The summed E-state index contributed by atoms with van der Waals surface area (Å²) in [5.41, 5.74) is 0.299. The molecule has 2 aromatic carbocycles. The number of carbonyl (C=O) groups excluding carboxylic acids is 1. The van der Waals surface area contributed by atoms with Crippen molar-refractivity contribution >= 4 is 27.3 Å². The molecule has 0 bridgehead atoms. The average molecular weight is 454 g/mol. The van der Waals surface area contributed by atoms with Gasteiger partial charge in [0.15, 0.2) is 0 Å². The number of sulfonamides is 1. The zero-order valence-electron chi connectivity index (χ0n) is 17.2. The predicted octanol–water partition coefficient (Wildman–Crippen LogP) is 3.59. The Kier molecular flexibility index (Phi) is 7.45. The molecule has 0 aliphatic carbocycles. The highest BCUT2D eigenvalue weighted by atomic mass is 32.2. The van der Waals surface area contributed by atoms with Crippen LogP contribution >= 0.6 is 0 Å². The first-order valence-electron chi connectivity index (χ1n) is 9.97. The molecule has 0 aromatic heterocycles. The van der Waals surface area contributed by atoms with Gasteiger partial charge in [-0.25, -0.2) is 17.2 Å². The molecule has 1 fully saturated rings. The van der Waals surface area contributed by atoms with Crippen LogP contribution in [0.2, 0.25) is 0 Å². The summed E-state index contributed by atoms with van der Waals surface area (Å²) >= 11 is 0. The van der Waals surface area contributed by atoms with Gasteiger partial charge in [0.25, 0.3) is 0 Å². The van der Waals surface area contributed by atoms with Gasteiger partial charge in [-0.3, -0.25) is 4.79 Å². The Hall–Kier alpha value is -2.72. The van der Waals surface area contributed by atoms with E-state index < -0.39 is 27.6 Å². The van der Waals surface area contributed by atoms with Crippen molar-refractivity contribution in [2.75, 3.05) is 37.4 Å². The molecule has 31 heavy (non-hydrogen) atoms. The second-order valence-electron chi connectivity index (χ2n) is 7.24. The Morgan fingerprint density at radius 1 is 1.03 bits per heavy atom. The molecule has 0 unspecified atom stereocenters. The Morgan fingerprint density at radius 2 is 1.68 bits per heavy atom. The lowest BCUT2D eigenvalue weighted by Gasteiger charge is -2.21. The molecule has 1 amide bonds. The number of rotatable bonds is 7. The summed E-state index contributed by atoms with van der Waals surface area (Å²) in [7, 11) is -2.25. The van der Waals surface area contributed by atoms with E-state index in [0.29, 0.717) is 30.6 Å². The van der Waals surface area contributed by atoms with Gasteiger partial charge in [0, 0.05) is 24.8 Å². The lowest BCUT2D eigenvalue weighted by Crippen LogP contribution is -2.32. The normalized spacial score (nSPS) is 15.2. The van der Waals surface area contributed by atoms with E-state index >= 15 is 0 Å². The molecule has 0 spiro atoms. The van der Waals surface area contributed by atoms with Gasteiger partial charge < -0.3 is 15.4 Å². The molecule has 168 valence electrons. The maximum Gasteiger partial charge on any atom is 0.243 e. The fourth-order valence-electron chi connectivity index (χ4n) is 3.42. The van der Waals surface area contributed by atoms with Gasteiger partial charge in [0.05, 0.1) is 24.2 Å². The first-order chi connectivity index (χ1) is 14.8. The number of methoxy groups -OCH3 is 1. The molecule has 2 N–H and O–H groups in total. The molecular weight excluding hydrogens is 428 g/mol. The molecule has 0 radical (unpaired) electrons. The number of ether oxygens (including phenoxy) is 1. The molecule has 1 aliphatic rings. The topological polar surface area (TPSA) is 87.7 Å². The number of amides is 1. The minimum atomic E-state index is -3.68. The summed E-state index contributed by atoms with van der Waals surface area (Å²) in [6, 6.07) is 7.11. The van der Waals surface area contributed by atoms with Crippen LogP contribution in [0, 0.1) is 11.6 Å². The van der Waals surface area contributed by atoms with Gasteiger partial charge in [-0.1, -0.05) is 12.8 Å². The summed E-state index contributed by atoms with van der Waals surface area (Å²) in [5, 5.41) is 5.22. The van der Waals surface area contributed by atoms with E-state index in [1.165, 1.54) is 29.6 Å². The highest BCUT2D eigenvalue weighted by Crippen LogP contribution is 2.29. The van der Waals surface area contributed by atoms with E-state index in [-0.39, 0.29) is 17.1 Å². The number of hydrogen-bond donors (Lipinski definition) is 2.